The number of hydrogen-bond donors (Lipinski definition) is 1. The van der Waals surface area contributed by atoms with Crippen LogP contribution in [0.3, 0.4) is 0 Å². The largest absolute Gasteiger partial charge is 0.467 e. The summed E-state index contributed by atoms with van der Waals surface area (Å²) in [5.74, 6) is 1.71. The first-order valence-corrected chi connectivity index (χ1v) is 5.46. The van der Waals surface area contributed by atoms with Gasteiger partial charge in [-0.05, 0) is 34.5 Å². The van der Waals surface area contributed by atoms with Crippen LogP contribution in [0.15, 0.2) is 21.2 Å². The standard InChI is InChI=1S/C10H16BrNO/c1-3-8(2)6-12-7-10-9(11)4-5-13-10/h4-5,8,12H,3,6-7H2,1-2H3. The molecule has 0 aromatic carbocycles. The summed E-state index contributed by atoms with van der Waals surface area (Å²) >= 11 is 3.42. The van der Waals surface area contributed by atoms with Gasteiger partial charge in [-0.3, -0.25) is 0 Å². The van der Waals surface area contributed by atoms with E-state index in [1.807, 2.05) is 6.07 Å². The van der Waals surface area contributed by atoms with E-state index >= 15 is 0 Å². The summed E-state index contributed by atoms with van der Waals surface area (Å²) in [6, 6.07) is 1.92. The molecule has 0 aliphatic rings. The molecule has 0 saturated heterocycles. The van der Waals surface area contributed by atoms with Crippen LogP contribution in [0.25, 0.3) is 0 Å². The van der Waals surface area contributed by atoms with Gasteiger partial charge in [-0.15, -0.1) is 0 Å². The highest BCUT2D eigenvalue weighted by molar-refractivity contribution is 9.10. The SMILES string of the molecule is CCC(C)CNCc1occc1Br. The molecule has 0 radical (unpaired) electrons. The maximum absolute atomic E-state index is 5.27. The van der Waals surface area contributed by atoms with E-state index in [1.54, 1.807) is 6.26 Å². The summed E-state index contributed by atoms with van der Waals surface area (Å²) in [6.45, 7) is 6.29. The van der Waals surface area contributed by atoms with Gasteiger partial charge < -0.3 is 9.73 Å². The maximum Gasteiger partial charge on any atom is 0.131 e. The van der Waals surface area contributed by atoms with E-state index in [2.05, 4.69) is 35.1 Å². The van der Waals surface area contributed by atoms with E-state index in [0.29, 0.717) is 0 Å². The zero-order valence-electron chi connectivity index (χ0n) is 8.14. The van der Waals surface area contributed by atoms with Gasteiger partial charge in [-0.1, -0.05) is 20.3 Å². The minimum Gasteiger partial charge on any atom is -0.467 e. The fourth-order valence-corrected chi connectivity index (χ4v) is 1.37. The predicted molar refractivity (Wildman–Crippen MR) is 57.6 cm³/mol. The average Bonchev–Trinajstić information content (AvgIpc) is 2.52. The summed E-state index contributed by atoms with van der Waals surface area (Å²) in [6.07, 6.45) is 2.91. The number of nitrogens with one attached hydrogen (secondary N) is 1. The first-order valence-electron chi connectivity index (χ1n) is 4.66. The Morgan fingerprint density at radius 2 is 2.38 bits per heavy atom. The van der Waals surface area contributed by atoms with Crippen LogP contribution in [-0.2, 0) is 6.54 Å². The van der Waals surface area contributed by atoms with E-state index in [9.17, 15) is 0 Å². The molecule has 1 aromatic heterocycles. The van der Waals surface area contributed by atoms with Crippen molar-refractivity contribution in [3.05, 3.63) is 22.6 Å². The molecule has 1 heterocycles. The van der Waals surface area contributed by atoms with Gasteiger partial charge in [0, 0.05) is 0 Å². The van der Waals surface area contributed by atoms with Gasteiger partial charge in [0.25, 0.3) is 0 Å². The van der Waals surface area contributed by atoms with Crippen LogP contribution in [0.5, 0.6) is 0 Å². The molecule has 1 N–H and O–H groups in total. The van der Waals surface area contributed by atoms with Gasteiger partial charge in [0.05, 0.1) is 17.3 Å². The second-order valence-corrected chi connectivity index (χ2v) is 4.19. The first-order chi connectivity index (χ1) is 6.24. The van der Waals surface area contributed by atoms with Gasteiger partial charge in [0.1, 0.15) is 5.76 Å². The van der Waals surface area contributed by atoms with Crippen molar-refractivity contribution in [2.24, 2.45) is 5.92 Å². The summed E-state index contributed by atoms with van der Waals surface area (Å²) in [5, 5.41) is 3.36. The second-order valence-electron chi connectivity index (χ2n) is 3.34. The van der Waals surface area contributed by atoms with Crippen molar-refractivity contribution in [1.82, 2.24) is 5.32 Å². The van der Waals surface area contributed by atoms with Crippen LogP contribution in [-0.4, -0.2) is 6.54 Å². The molecule has 1 aromatic rings. The number of rotatable bonds is 5. The molecule has 0 spiro atoms. The lowest BCUT2D eigenvalue weighted by atomic mass is 10.1. The molecular formula is C10H16BrNO. The van der Waals surface area contributed by atoms with Crippen LogP contribution >= 0.6 is 15.9 Å². The van der Waals surface area contributed by atoms with Crippen LogP contribution in [0.1, 0.15) is 26.0 Å². The summed E-state index contributed by atoms with van der Waals surface area (Å²) in [5.41, 5.74) is 0. The number of hydrogen-bond acceptors (Lipinski definition) is 2. The highest BCUT2D eigenvalue weighted by Crippen LogP contribution is 2.16. The van der Waals surface area contributed by atoms with Crippen molar-refractivity contribution in [3.8, 4) is 0 Å². The van der Waals surface area contributed by atoms with E-state index in [4.69, 9.17) is 4.42 Å². The molecule has 0 saturated carbocycles. The Morgan fingerprint density at radius 1 is 1.62 bits per heavy atom. The van der Waals surface area contributed by atoms with Crippen molar-refractivity contribution in [2.75, 3.05) is 6.54 Å². The molecule has 0 aliphatic carbocycles. The molecule has 0 aliphatic heterocycles. The highest BCUT2D eigenvalue weighted by Gasteiger charge is 2.03. The van der Waals surface area contributed by atoms with Crippen molar-refractivity contribution in [2.45, 2.75) is 26.8 Å². The molecule has 13 heavy (non-hydrogen) atoms. The monoisotopic (exact) mass is 245 g/mol. The molecule has 1 atom stereocenters. The molecule has 0 fully saturated rings. The fourth-order valence-electron chi connectivity index (χ4n) is 1.03. The van der Waals surface area contributed by atoms with Gasteiger partial charge in [-0.2, -0.15) is 0 Å². The predicted octanol–water partition coefficient (Wildman–Crippen LogP) is 3.18. The van der Waals surface area contributed by atoms with Crippen molar-refractivity contribution >= 4 is 15.9 Å². The zero-order chi connectivity index (χ0) is 9.68. The Labute approximate surface area is 87.8 Å². The lowest BCUT2D eigenvalue weighted by molar-refractivity contribution is 0.447. The smallest absolute Gasteiger partial charge is 0.131 e. The molecule has 0 bridgehead atoms. The summed E-state index contributed by atoms with van der Waals surface area (Å²) in [4.78, 5) is 0. The van der Waals surface area contributed by atoms with Crippen LogP contribution in [0, 0.1) is 5.92 Å². The average molecular weight is 246 g/mol. The lowest BCUT2D eigenvalue weighted by Crippen LogP contribution is -2.20. The van der Waals surface area contributed by atoms with Crippen molar-refractivity contribution < 1.29 is 4.42 Å². The van der Waals surface area contributed by atoms with E-state index in [1.165, 1.54) is 6.42 Å². The van der Waals surface area contributed by atoms with Crippen LogP contribution in [0.4, 0.5) is 0 Å². The van der Waals surface area contributed by atoms with Crippen LogP contribution < -0.4 is 5.32 Å². The van der Waals surface area contributed by atoms with Crippen LogP contribution in [0.2, 0.25) is 0 Å². The lowest BCUT2D eigenvalue weighted by Gasteiger charge is -2.08. The Balaban J connectivity index is 2.24. The van der Waals surface area contributed by atoms with Gasteiger partial charge in [-0.25, -0.2) is 0 Å². The van der Waals surface area contributed by atoms with E-state index in [-0.39, 0.29) is 0 Å². The fraction of sp³-hybridized carbons (Fsp3) is 0.600. The second kappa shape index (κ2) is 5.45. The molecule has 0 amide bonds. The summed E-state index contributed by atoms with van der Waals surface area (Å²) in [7, 11) is 0. The Bertz CT molecular complexity index is 247. The Hall–Kier alpha value is -0.280. The molecular weight excluding hydrogens is 230 g/mol. The quantitative estimate of drug-likeness (QED) is 0.863. The topological polar surface area (TPSA) is 25.2 Å². The summed E-state index contributed by atoms with van der Waals surface area (Å²) < 4.78 is 6.32. The van der Waals surface area contributed by atoms with Gasteiger partial charge >= 0.3 is 0 Å². The van der Waals surface area contributed by atoms with E-state index in [0.717, 1.165) is 29.2 Å². The molecule has 1 rings (SSSR count). The molecule has 2 nitrogen and oxygen atoms in total. The minimum atomic E-state index is 0.730. The molecule has 3 heteroatoms. The maximum atomic E-state index is 5.27. The Morgan fingerprint density at radius 3 is 2.92 bits per heavy atom. The molecule has 74 valence electrons. The van der Waals surface area contributed by atoms with Crippen molar-refractivity contribution in [3.63, 3.8) is 0 Å². The third-order valence-corrected chi connectivity index (χ3v) is 2.87. The third kappa shape index (κ3) is 3.53. The zero-order valence-corrected chi connectivity index (χ0v) is 9.73. The van der Waals surface area contributed by atoms with Gasteiger partial charge in [0.2, 0.25) is 0 Å². The Kier molecular flexibility index (Phi) is 4.53. The minimum absolute atomic E-state index is 0.730. The third-order valence-electron chi connectivity index (χ3n) is 2.17. The normalized spacial score (nSPS) is 13.2. The number of furan rings is 1. The van der Waals surface area contributed by atoms with E-state index < -0.39 is 0 Å². The number of halogens is 1. The highest BCUT2D eigenvalue weighted by atomic mass is 79.9. The first kappa shape index (κ1) is 10.8. The molecule has 1 unspecified atom stereocenters. The van der Waals surface area contributed by atoms with Gasteiger partial charge in [0.15, 0.2) is 0 Å². The van der Waals surface area contributed by atoms with Crippen molar-refractivity contribution in [1.29, 1.82) is 0 Å².